The molecule has 5 aromatic rings. The van der Waals surface area contributed by atoms with Gasteiger partial charge in [-0.2, -0.15) is 9.55 Å². The van der Waals surface area contributed by atoms with E-state index >= 15 is 0 Å². The maximum absolute atomic E-state index is 12.8. The molecule has 0 aliphatic rings. The van der Waals surface area contributed by atoms with E-state index in [2.05, 4.69) is 17.1 Å². The fraction of sp³-hybridized carbons (Fsp3) is 0.129. The van der Waals surface area contributed by atoms with Crippen molar-refractivity contribution in [2.75, 3.05) is 14.2 Å². The van der Waals surface area contributed by atoms with Crippen LogP contribution >= 0.6 is 11.6 Å². The van der Waals surface area contributed by atoms with Gasteiger partial charge in [-0.15, -0.1) is 0 Å². The van der Waals surface area contributed by atoms with Crippen molar-refractivity contribution in [3.63, 3.8) is 0 Å². The molecule has 0 aliphatic carbocycles. The largest absolute Gasteiger partial charge is 0.465 e. The lowest BCUT2D eigenvalue weighted by Gasteiger charge is -2.12. The van der Waals surface area contributed by atoms with Gasteiger partial charge in [0.2, 0.25) is 0 Å². The van der Waals surface area contributed by atoms with E-state index in [0.717, 1.165) is 33.4 Å². The number of hydrogen-bond acceptors (Lipinski definition) is 6. The zero-order chi connectivity index (χ0) is 27.7. The van der Waals surface area contributed by atoms with Crippen LogP contribution in [0.5, 0.6) is 11.8 Å². The molecule has 196 valence electrons. The van der Waals surface area contributed by atoms with E-state index in [4.69, 9.17) is 25.8 Å². The summed E-state index contributed by atoms with van der Waals surface area (Å²) >= 11 is 6.79. The second kappa shape index (κ2) is 10.6. The predicted octanol–water partition coefficient (Wildman–Crippen LogP) is 7.83. The van der Waals surface area contributed by atoms with E-state index in [1.807, 2.05) is 49.4 Å². The van der Waals surface area contributed by atoms with Crippen molar-refractivity contribution in [3.05, 3.63) is 101 Å². The molecule has 0 radical (unpaired) electrons. The number of nitrogens with zero attached hydrogens (tertiary/aromatic N) is 2. The number of benzene rings is 4. The number of imidazole rings is 1. The Bertz CT molecular complexity index is 1710. The van der Waals surface area contributed by atoms with E-state index < -0.39 is 12.1 Å². The number of hydrogen-bond donors (Lipinski definition) is 0. The van der Waals surface area contributed by atoms with Gasteiger partial charge in [-0.05, 0) is 59.9 Å². The third kappa shape index (κ3) is 4.84. The van der Waals surface area contributed by atoms with Gasteiger partial charge in [0.15, 0.2) is 0 Å². The molecule has 8 heteroatoms. The van der Waals surface area contributed by atoms with Crippen LogP contribution in [-0.2, 0) is 9.47 Å². The number of fused-ring (bicyclic) bond motifs is 1. The van der Waals surface area contributed by atoms with Gasteiger partial charge in [0, 0.05) is 5.56 Å². The topological polar surface area (TPSA) is 79.7 Å². The molecule has 0 fully saturated rings. The number of carbonyl (C=O) groups excluding carboxylic acids is 2. The number of halogens is 1. The molecule has 0 spiro atoms. The van der Waals surface area contributed by atoms with Gasteiger partial charge in [0.25, 0.3) is 0 Å². The number of aryl methyl sites for hydroxylation is 2. The minimum absolute atomic E-state index is 0.0211. The zero-order valence-corrected chi connectivity index (χ0v) is 22.6. The van der Waals surface area contributed by atoms with Gasteiger partial charge in [-0.25, -0.2) is 9.59 Å². The van der Waals surface area contributed by atoms with Crippen molar-refractivity contribution < 1.29 is 23.8 Å². The van der Waals surface area contributed by atoms with Crippen LogP contribution < -0.4 is 4.74 Å². The van der Waals surface area contributed by atoms with Gasteiger partial charge < -0.3 is 14.2 Å². The Balaban J connectivity index is 1.60. The van der Waals surface area contributed by atoms with Crippen LogP contribution in [0.25, 0.3) is 33.3 Å². The summed E-state index contributed by atoms with van der Waals surface area (Å²) in [6.07, 6.45) is -0.691. The number of rotatable bonds is 5. The summed E-state index contributed by atoms with van der Waals surface area (Å²) in [5.74, 6) is -0.188. The highest BCUT2D eigenvalue weighted by molar-refractivity contribution is 6.34. The molecule has 7 nitrogen and oxygen atoms in total. The molecule has 0 amide bonds. The Hall–Kier alpha value is -4.62. The molecule has 0 unspecified atom stereocenters. The summed E-state index contributed by atoms with van der Waals surface area (Å²) in [5.41, 5.74) is 6.72. The first kappa shape index (κ1) is 26.0. The van der Waals surface area contributed by atoms with E-state index in [0.29, 0.717) is 27.4 Å². The number of aromatic nitrogens is 2. The van der Waals surface area contributed by atoms with Crippen molar-refractivity contribution in [1.29, 1.82) is 0 Å². The molecule has 1 heterocycles. The summed E-state index contributed by atoms with van der Waals surface area (Å²) in [4.78, 5) is 29.6. The minimum atomic E-state index is -0.691. The van der Waals surface area contributed by atoms with Crippen molar-refractivity contribution in [2.45, 2.75) is 13.8 Å². The lowest BCUT2D eigenvalue weighted by atomic mass is 9.96. The predicted molar refractivity (Wildman–Crippen MR) is 151 cm³/mol. The molecule has 0 atom stereocenters. The van der Waals surface area contributed by atoms with E-state index in [9.17, 15) is 9.59 Å². The first-order valence-electron chi connectivity index (χ1n) is 12.1. The second-order valence-corrected chi connectivity index (χ2v) is 9.35. The first-order valence-corrected chi connectivity index (χ1v) is 12.5. The molecule has 4 aromatic carbocycles. The SMILES string of the molecule is COC(=O)c1cc(Oc2nc3c(C)c(-c4ccc(-c5ccccc5)cc4)c(Cl)cc3n2C(=O)OC)ccc1C. The number of carbonyl (C=O) groups is 2. The molecule has 0 N–H and O–H groups in total. The van der Waals surface area contributed by atoms with Crippen LogP contribution in [0, 0.1) is 13.8 Å². The van der Waals surface area contributed by atoms with E-state index in [-0.39, 0.29) is 6.01 Å². The van der Waals surface area contributed by atoms with Gasteiger partial charge in [-0.3, -0.25) is 0 Å². The molecule has 0 bridgehead atoms. The van der Waals surface area contributed by atoms with Gasteiger partial charge in [0.05, 0.1) is 35.8 Å². The summed E-state index contributed by atoms with van der Waals surface area (Å²) in [6.45, 7) is 3.69. The highest BCUT2D eigenvalue weighted by Gasteiger charge is 2.24. The Morgan fingerprint density at radius 2 is 1.49 bits per heavy atom. The Morgan fingerprint density at radius 3 is 2.15 bits per heavy atom. The average Bonchev–Trinajstić information content (AvgIpc) is 3.31. The monoisotopic (exact) mass is 540 g/mol. The normalized spacial score (nSPS) is 10.9. The van der Waals surface area contributed by atoms with Gasteiger partial charge in [-0.1, -0.05) is 72.3 Å². The lowest BCUT2D eigenvalue weighted by molar-refractivity contribution is 0.0599. The molecule has 5 rings (SSSR count). The first-order chi connectivity index (χ1) is 18.8. The third-order valence-corrected chi connectivity index (χ3v) is 6.87. The molecular formula is C31H25ClN2O5. The number of ether oxygens (including phenoxy) is 3. The quantitative estimate of drug-likeness (QED) is 0.211. The average molecular weight is 541 g/mol. The number of methoxy groups -OCH3 is 2. The molecule has 0 saturated heterocycles. The van der Waals surface area contributed by atoms with Gasteiger partial charge in [0.1, 0.15) is 5.75 Å². The molecular weight excluding hydrogens is 516 g/mol. The molecule has 0 saturated carbocycles. The van der Waals surface area contributed by atoms with Crippen LogP contribution in [-0.4, -0.2) is 35.8 Å². The Morgan fingerprint density at radius 1 is 0.821 bits per heavy atom. The summed E-state index contributed by atoms with van der Waals surface area (Å²) < 4.78 is 17.1. The fourth-order valence-electron chi connectivity index (χ4n) is 4.56. The van der Waals surface area contributed by atoms with Crippen molar-refractivity contribution in [1.82, 2.24) is 9.55 Å². The van der Waals surface area contributed by atoms with E-state index in [1.54, 1.807) is 31.2 Å². The van der Waals surface area contributed by atoms with E-state index in [1.165, 1.54) is 18.8 Å². The number of esters is 1. The smallest absolute Gasteiger partial charge is 0.422 e. The third-order valence-electron chi connectivity index (χ3n) is 6.58. The highest BCUT2D eigenvalue weighted by Crippen LogP contribution is 2.39. The lowest BCUT2D eigenvalue weighted by Crippen LogP contribution is -2.12. The second-order valence-electron chi connectivity index (χ2n) is 8.94. The maximum atomic E-state index is 12.8. The molecule has 0 aliphatic heterocycles. The summed E-state index contributed by atoms with van der Waals surface area (Å²) in [5, 5.41) is 0.451. The van der Waals surface area contributed by atoms with Crippen molar-refractivity contribution in [2.24, 2.45) is 0 Å². The molecule has 1 aromatic heterocycles. The van der Waals surface area contributed by atoms with Crippen molar-refractivity contribution >= 4 is 34.7 Å². The van der Waals surface area contributed by atoms with Gasteiger partial charge >= 0.3 is 18.1 Å². The van der Waals surface area contributed by atoms with Crippen LogP contribution in [0.3, 0.4) is 0 Å². The Kier molecular flexibility index (Phi) is 7.09. The minimum Gasteiger partial charge on any atom is -0.465 e. The standard InChI is InChI=1S/C31H25ClN2O5/c1-18-10-15-23(16-24(18)29(35)37-3)39-30-33-28-19(2)27(25(32)17-26(28)34(30)31(36)38-4)22-13-11-21(12-14-22)20-8-6-5-7-9-20/h5-17H,1-4H3. The maximum Gasteiger partial charge on any atom is 0.422 e. The molecule has 39 heavy (non-hydrogen) atoms. The zero-order valence-electron chi connectivity index (χ0n) is 21.8. The van der Waals surface area contributed by atoms with Crippen molar-refractivity contribution in [3.8, 4) is 34.0 Å². The van der Waals surface area contributed by atoms with Crippen LogP contribution in [0.15, 0.2) is 78.9 Å². The Labute approximate surface area is 230 Å². The highest BCUT2D eigenvalue weighted by atomic mass is 35.5. The van der Waals surface area contributed by atoms with Crippen LogP contribution in [0.1, 0.15) is 21.5 Å². The fourth-order valence-corrected chi connectivity index (χ4v) is 4.92. The van der Waals surface area contributed by atoms with Crippen LogP contribution in [0.2, 0.25) is 5.02 Å². The summed E-state index contributed by atoms with van der Waals surface area (Å²) in [7, 11) is 2.58. The summed E-state index contributed by atoms with van der Waals surface area (Å²) in [6, 6.07) is 24.8. The van der Waals surface area contributed by atoms with Crippen LogP contribution in [0.4, 0.5) is 4.79 Å².